The highest BCUT2D eigenvalue weighted by atomic mass is 15.2. The van der Waals surface area contributed by atoms with Gasteiger partial charge >= 0.3 is 0 Å². The molecule has 1 aliphatic rings. The van der Waals surface area contributed by atoms with Crippen molar-refractivity contribution in [2.75, 3.05) is 43.9 Å². The molecule has 0 aliphatic carbocycles. The summed E-state index contributed by atoms with van der Waals surface area (Å²) in [6, 6.07) is 6.07. The lowest BCUT2D eigenvalue weighted by molar-refractivity contribution is 0.313. The van der Waals surface area contributed by atoms with Crippen molar-refractivity contribution in [2.24, 2.45) is 0 Å². The summed E-state index contributed by atoms with van der Waals surface area (Å²) in [4.78, 5) is 4.69. The predicted molar refractivity (Wildman–Crippen MR) is 77.7 cm³/mol. The van der Waals surface area contributed by atoms with Gasteiger partial charge in [-0.1, -0.05) is 6.92 Å². The van der Waals surface area contributed by atoms with Crippen LogP contribution in [0.25, 0.3) is 0 Å². The van der Waals surface area contributed by atoms with Crippen LogP contribution in [0, 0.1) is 5.41 Å². The summed E-state index contributed by atoms with van der Waals surface area (Å²) in [6.07, 6.45) is 0.720. The van der Waals surface area contributed by atoms with E-state index in [0.29, 0.717) is 5.71 Å². The second-order valence-corrected chi connectivity index (χ2v) is 4.89. The lowest BCUT2D eigenvalue weighted by Gasteiger charge is -2.34. The molecule has 0 unspecified atom stereocenters. The Labute approximate surface area is 109 Å². The molecule has 0 amide bonds. The number of hydrogen-bond acceptors (Lipinski definition) is 4. The van der Waals surface area contributed by atoms with Crippen molar-refractivity contribution in [1.29, 1.82) is 5.41 Å². The topological polar surface area (TPSA) is 56.4 Å². The third-order valence-corrected chi connectivity index (χ3v) is 3.58. The van der Waals surface area contributed by atoms with Gasteiger partial charge in [-0.3, -0.25) is 0 Å². The van der Waals surface area contributed by atoms with Crippen molar-refractivity contribution in [2.45, 2.75) is 13.3 Å². The van der Waals surface area contributed by atoms with Gasteiger partial charge in [0, 0.05) is 48.8 Å². The third-order valence-electron chi connectivity index (χ3n) is 3.58. The van der Waals surface area contributed by atoms with Crippen molar-refractivity contribution in [3.05, 3.63) is 23.8 Å². The molecule has 2 rings (SSSR count). The number of nitrogen functional groups attached to an aromatic ring is 1. The van der Waals surface area contributed by atoms with Gasteiger partial charge in [0.2, 0.25) is 0 Å². The van der Waals surface area contributed by atoms with Gasteiger partial charge in [0.05, 0.1) is 0 Å². The third kappa shape index (κ3) is 2.64. The zero-order chi connectivity index (χ0) is 13.1. The van der Waals surface area contributed by atoms with Gasteiger partial charge < -0.3 is 20.9 Å². The number of anilines is 2. The van der Waals surface area contributed by atoms with Crippen LogP contribution < -0.4 is 10.6 Å². The molecule has 3 N–H and O–H groups in total. The minimum absolute atomic E-state index is 0.609. The Kier molecular flexibility index (Phi) is 3.87. The highest BCUT2D eigenvalue weighted by Gasteiger charge is 2.15. The Morgan fingerprint density at radius 3 is 2.50 bits per heavy atom. The number of hydrogen-bond donors (Lipinski definition) is 2. The molecular weight excluding hydrogens is 224 g/mol. The number of piperazine rings is 1. The molecule has 1 fully saturated rings. The van der Waals surface area contributed by atoms with Crippen molar-refractivity contribution >= 4 is 17.1 Å². The van der Waals surface area contributed by atoms with Crippen LogP contribution in [0.3, 0.4) is 0 Å². The Hall–Kier alpha value is -1.55. The zero-order valence-corrected chi connectivity index (χ0v) is 11.2. The molecule has 0 radical (unpaired) electrons. The fourth-order valence-electron chi connectivity index (χ4n) is 2.28. The molecule has 0 spiro atoms. The molecule has 1 saturated heterocycles. The molecule has 1 aromatic rings. The van der Waals surface area contributed by atoms with Crippen LogP contribution >= 0.6 is 0 Å². The van der Waals surface area contributed by atoms with E-state index in [-0.39, 0.29) is 0 Å². The summed E-state index contributed by atoms with van der Waals surface area (Å²) in [5.41, 5.74) is 9.43. The second kappa shape index (κ2) is 5.40. The van der Waals surface area contributed by atoms with Gasteiger partial charge in [0.1, 0.15) is 0 Å². The Bertz CT molecular complexity index is 433. The van der Waals surface area contributed by atoms with Crippen molar-refractivity contribution in [3.63, 3.8) is 0 Å². The molecule has 0 saturated carbocycles. The second-order valence-electron chi connectivity index (χ2n) is 4.89. The monoisotopic (exact) mass is 246 g/mol. The fraction of sp³-hybridized carbons (Fsp3) is 0.500. The first-order valence-electron chi connectivity index (χ1n) is 6.52. The van der Waals surface area contributed by atoms with Gasteiger partial charge in [0.25, 0.3) is 0 Å². The molecular formula is C14H22N4. The van der Waals surface area contributed by atoms with E-state index >= 15 is 0 Å². The predicted octanol–water partition coefficient (Wildman–Crippen LogP) is 1.80. The van der Waals surface area contributed by atoms with E-state index in [2.05, 4.69) is 22.9 Å². The van der Waals surface area contributed by atoms with Crippen molar-refractivity contribution in [3.8, 4) is 0 Å². The molecule has 98 valence electrons. The SMILES string of the molecule is CCC(=N)c1ccc(N2CCN(C)CC2)cc1N. The van der Waals surface area contributed by atoms with Gasteiger partial charge in [-0.25, -0.2) is 0 Å². The van der Waals surface area contributed by atoms with E-state index in [0.717, 1.165) is 43.9 Å². The van der Waals surface area contributed by atoms with Gasteiger partial charge in [0.15, 0.2) is 0 Å². The Morgan fingerprint density at radius 2 is 1.94 bits per heavy atom. The summed E-state index contributed by atoms with van der Waals surface area (Å²) < 4.78 is 0. The minimum atomic E-state index is 0.609. The molecule has 1 aliphatic heterocycles. The van der Waals surface area contributed by atoms with Crippen LogP contribution in [0.5, 0.6) is 0 Å². The molecule has 1 heterocycles. The number of nitrogens with zero attached hydrogens (tertiary/aromatic N) is 2. The normalized spacial score (nSPS) is 16.9. The van der Waals surface area contributed by atoms with Crippen LogP contribution in [0.4, 0.5) is 11.4 Å². The van der Waals surface area contributed by atoms with Crippen LogP contribution in [0.15, 0.2) is 18.2 Å². The molecule has 1 aromatic carbocycles. The van der Waals surface area contributed by atoms with Crippen LogP contribution in [-0.4, -0.2) is 43.8 Å². The standard InChI is InChI=1S/C14H22N4/c1-3-13(15)12-5-4-11(10-14(12)16)18-8-6-17(2)7-9-18/h4-5,10,15H,3,6-9,16H2,1-2H3. The Balaban J connectivity index is 2.16. The van der Waals surface area contributed by atoms with Crippen LogP contribution in [-0.2, 0) is 0 Å². The number of likely N-dealkylation sites (N-methyl/N-ethyl adjacent to an activating group) is 1. The number of nitrogens with two attached hydrogens (primary N) is 1. The first kappa shape index (κ1) is 12.9. The maximum atomic E-state index is 7.86. The van der Waals surface area contributed by atoms with Crippen LogP contribution in [0.2, 0.25) is 0 Å². The maximum absolute atomic E-state index is 7.86. The van der Waals surface area contributed by atoms with E-state index in [1.54, 1.807) is 0 Å². The molecule has 0 atom stereocenters. The quantitative estimate of drug-likeness (QED) is 0.631. The summed E-state index contributed by atoms with van der Waals surface area (Å²) >= 11 is 0. The number of rotatable bonds is 3. The van der Waals surface area contributed by atoms with Crippen molar-refractivity contribution < 1.29 is 0 Å². The Morgan fingerprint density at radius 1 is 1.28 bits per heavy atom. The summed E-state index contributed by atoms with van der Waals surface area (Å²) in [7, 11) is 2.15. The van der Waals surface area contributed by atoms with E-state index < -0.39 is 0 Å². The summed E-state index contributed by atoms with van der Waals surface area (Å²) in [5.74, 6) is 0. The molecule has 4 heteroatoms. The average Bonchev–Trinajstić information content (AvgIpc) is 2.38. The molecule has 4 nitrogen and oxygen atoms in total. The molecule has 18 heavy (non-hydrogen) atoms. The largest absolute Gasteiger partial charge is 0.398 e. The summed E-state index contributed by atoms with van der Waals surface area (Å²) in [6.45, 7) is 6.25. The van der Waals surface area contributed by atoms with E-state index in [1.165, 1.54) is 5.69 Å². The minimum Gasteiger partial charge on any atom is -0.398 e. The highest BCUT2D eigenvalue weighted by molar-refractivity contribution is 6.02. The first-order chi connectivity index (χ1) is 8.61. The molecule has 0 aromatic heterocycles. The average molecular weight is 246 g/mol. The number of nitrogens with one attached hydrogen (secondary N) is 1. The maximum Gasteiger partial charge on any atom is 0.0426 e. The fourth-order valence-corrected chi connectivity index (χ4v) is 2.28. The van der Waals surface area contributed by atoms with Gasteiger partial charge in [-0.15, -0.1) is 0 Å². The van der Waals surface area contributed by atoms with Gasteiger partial charge in [-0.05, 0) is 31.7 Å². The smallest absolute Gasteiger partial charge is 0.0426 e. The molecule has 0 bridgehead atoms. The first-order valence-corrected chi connectivity index (χ1v) is 6.52. The highest BCUT2D eigenvalue weighted by Crippen LogP contribution is 2.23. The van der Waals surface area contributed by atoms with E-state index in [9.17, 15) is 0 Å². The summed E-state index contributed by atoms with van der Waals surface area (Å²) in [5, 5.41) is 7.86. The van der Waals surface area contributed by atoms with Crippen LogP contribution in [0.1, 0.15) is 18.9 Å². The lowest BCUT2D eigenvalue weighted by atomic mass is 10.0. The van der Waals surface area contributed by atoms with E-state index in [1.807, 2.05) is 19.1 Å². The zero-order valence-electron chi connectivity index (χ0n) is 11.2. The van der Waals surface area contributed by atoms with Gasteiger partial charge in [-0.2, -0.15) is 0 Å². The van der Waals surface area contributed by atoms with E-state index in [4.69, 9.17) is 11.1 Å². The van der Waals surface area contributed by atoms with Crippen molar-refractivity contribution in [1.82, 2.24) is 4.90 Å². The lowest BCUT2D eigenvalue weighted by Crippen LogP contribution is -2.44. The number of benzene rings is 1.